The number of likely N-dealkylation sites (N-methyl/N-ethyl adjacent to an activating group) is 1. The van der Waals surface area contributed by atoms with Gasteiger partial charge in [-0.1, -0.05) is 13.8 Å². The van der Waals surface area contributed by atoms with Crippen molar-refractivity contribution < 1.29 is 13.2 Å². The Balaban J connectivity index is 2.19. The minimum atomic E-state index is -3.45. The van der Waals surface area contributed by atoms with Crippen molar-refractivity contribution in [3.8, 4) is 5.75 Å². The molecule has 0 aliphatic carbocycles. The fourth-order valence-corrected chi connectivity index (χ4v) is 4.20. The first-order chi connectivity index (χ1) is 10.5. The van der Waals surface area contributed by atoms with Crippen LogP contribution in [-0.4, -0.2) is 57.0 Å². The zero-order valence-corrected chi connectivity index (χ0v) is 15.5. The Morgan fingerprint density at radius 2 is 1.86 bits per heavy atom. The van der Waals surface area contributed by atoms with E-state index >= 15 is 0 Å². The number of rotatable bonds is 6. The van der Waals surface area contributed by atoms with E-state index in [1.807, 2.05) is 6.92 Å². The zero-order valence-electron chi connectivity index (χ0n) is 13.1. The maximum atomic E-state index is 12.8. The largest absolute Gasteiger partial charge is 0.492 e. The molecular formula is C15H23BrN2O3S. The highest BCUT2D eigenvalue weighted by Crippen LogP contribution is 2.29. The molecule has 0 aromatic heterocycles. The van der Waals surface area contributed by atoms with Crippen molar-refractivity contribution in [1.82, 2.24) is 9.21 Å². The molecule has 0 radical (unpaired) electrons. The summed E-state index contributed by atoms with van der Waals surface area (Å²) in [4.78, 5) is 2.55. The minimum absolute atomic E-state index is 0.298. The van der Waals surface area contributed by atoms with E-state index in [1.54, 1.807) is 22.5 Å². The van der Waals surface area contributed by atoms with Crippen molar-refractivity contribution in [2.45, 2.75) is 25.2 Å². The summed E-state index contributed by atoms with van der Waals surface area (Å²) < 4.78 is 33.5. The number of piperazine rings is 1. The van der Waals surface area contributed by atoms with Crippen LogP contribution in [0.1, 0.15) is 20.3 Å². The molecule has 0 bridgehead atoms. The van der Waals surface area contributed by atoms with Gasteiger partial charge in [0.25, 0.3) is 0 Å². The standard InChI is InChI=1S/C15H23BrN2O3S/c1-3-11-21-15-12-13(5-6-14(15)16)22(19,20)18-9-7-17(4-2)8-10-18/h5-6,12H,3-4,7-11H2,1-2H3. The summed E-state index contributed by atoms with van der Waals surface area (Å²) in [6.45, 7) is 8.28. The van der Waals surface area contributed by atoms with Crippen molar-refractivity contribution in [2.24, 2.45) is 0 Å². The van der Waals surface area contributed by atoms with E-state index in [0.29, 0.717) is 30.3 Å². The van der Waals surface area contributed by atoms with E-state index in [1.165, 1.54) is 0 Å². The van der Waals surface area contributed by atoms with Crippen LogP contribution >= 0.6 is 15.9 Å². The summed E-state index contributed by atoms with van der Waals surface area (Å²) in [5.74, 6) is 0.579. The molecule has 2 rings (SSSR count). The molecule has 1 heterocycles. The first kappa shape index (κ1) is 17.7. The topological polar surface area (TPSA) is 49.9 Å². The first-order valence-corrected chi connectivity index (χ1v) is 9.87. The summed E-state index contributed by atoms with van der Waals surface area (Å²) in [5.41, 5.74) is 0. The van der Waals surface area contributed by atoms with E-state index in [2.05, 4.69) is 27.8 Å². The lowest BCUT2D eigenvalue weighted by Gasteiger charge is -2.33. The van der Waals surface area contributed by atoms with Crippen LogP contribution in [0.3, 0.4) is 0 Å². The summed E-state index contributed by atoms with van der Waals surface area (Å²) in [7, 11) is -3.45. The normalized spacial score (nSPS) is 17.6. The third-order valence-corrected chi connectivity index (χ3v) is 6.33. The van der Waals surface area contributed by atoms with Gasteiger partial charge < -0.3 is 9.64 Å². The van der Waals surface area contributed by atoms with Crippen LogP contribution in [0.15, 0.2) is 27.6 Å². The summed E-state index contributed by atoms with van der Waals surface area (Å²) in [6.07, 6.45) is 0.877. The van der Waals surface area contributed by atoms with Gasteiger partial charge in [-0.2, -0.15) is 4.31 Å². The second-order valence-corrected chi connectivity index (χ2v) is 8.07. The Labute approximate surface area is 141 Å². The molecule has 0 saturated carbocycles. The predicted octanol–water partition coefficient (Wildman–Crippen LogP) is 2.56. The molecule has 1 aliphatic rings. The van der Waals surface area contributed by atoms with Crippen molar-refractivity contribution in [3.63, 3.8) is 0 Å². The fraction of sp³-hybridized carbons (Fsp3) is 0.600. The van der Waals surface area contributed by atoms with Gasteiger partial charge in [0, 0.05) is 32.2 Å². The van der Waals surface area contributed by atoms with Crippen LogP contribution < -0.4 is 4.74 Å². The molecule has 0 spiro atoms. The molecule has 5 nitrogen and oxygen atoms in total. The molecule has 0 N–H and O–H groups in total. The van der Waals surface area contributed by atoms with Gasteiger partial charge in [0.05, 0.1) is 16.0 Å². The predicted molar refractivity (Wildman–Crippen MR) is 90.8 cm³/mol. The summed E-state index contributed by atoms with van der Waals surface area (Å²) in [5, 5.41) is 0. The van der Waals surface area contributed by atoms with E-state index in [0.717, 1.165) is 30.5 Å². The van der Waals surface area contributed by atoms with E-state index in [4.69, 9.17) is 4.74 Å². The number of halogens is 1. The van der Waals surface area contributed by atoms with Gasteiger partial charge >= 0.3 is 0 Å². The Morgan fingerprint density at radius 1 is 1.18 bits per heavy atom. The van der Waals surface area contributed by atoms with Crippen LogP contribution in [0.25, 0.3) is 0 Å². The lowest BCUT2D eigenvalue weighted by Crippen LogP contribution is -2.48. The fourth-order valence-electron chi connectivity index (χ4n) is 2.40. The molecule has 22 heavy (non-hydrogen) atoms. The Kier molecular flexibility index (Phi) is 6.26. The molecule has 1 fully saturated rings. The third-order valence-electron chi connectivity index (χ3n) is 3.78. The number of sulfonamides is 1. The van der Waals surface area contributed by atoms with Crippen molar-refractivity contribution >= 4 is 26.0 Å². The Bertz CT molecular complexity index is 599. The van der Waals surface area contributed by atoms with Crippen LogP contribution in [-0.2, 0) is 10.0 Å². The van der Waals surface area contributed by atoms with Gasteiger partial charge in [-0.3, -0.25) is 0 Å². The molecule has 7 heteroatoms. The van der Waals surface area contributed by atoms with Gasteiger partial charge in [0.1, 0.15) is 5.75 Å². The zero-order chi connectivity index (χ0) is 16.2. The van der Waals surface area contributed by atoms with Gasteiger partial charge in [-0.15, -0.1) is 0 Å². The summed E-state index contributed by atoms with van der Waals surface area (Å²) in [6, 6.07) is 4.98. The van der Waals surface area contributed by atoms with Crippen LogP contribution in [0, 0.1) is 0 Å². The van der Waals surface area contributed by atoms with Gasteiger partial charge in [-0.25, -0.2) is 8.42 Å². The number of ether oxygens (including phenoxy) is 1. The Morgan fingerprint density at radius 3 is 2.45 bits per heavy atom. The average molecular weight is 391 g/mol. The molecular weight excluding hydrogens is 368 g/mol. The third kappa shape index (κ3) is 4.01. The summed E-state index contributed by atoms with van der Waals surface area (Å²) >= 11 is 3.40. The SMILES string of the molecule is CCCOc1cc(S(=O)(=O)N2CCN(CC)CC2)ccc1Br. The van der Waals surface area contributed by atoms with Crippen LogP contribution in [0.5, 0.6) is 5.75 Å². The highest BCUT2D eigenvalue weighted by atomic mass is 79.9. The Hall–Kier alpha value is -0.630. The van der Waals surface area contributed by atoms with Crippen molar-refractivity contribution in [2.75, 3.05) is 39.3 Å². The van der Waals surface area contributed by atoms with Crippen LogP contribution in [0.2, 0.25) is 0 Å². The van der Waals surface area contributed by atoms with Crippen molar-refractivity contribution in [3.05, 3.63) is 22.7 Å². The maximum absolute atomic E-state index is 12.8. The van der Waals surface area contributed by atoms with Crippen molar-refractivity contribution in [1.29, 1.82) is 0 Å². The van der Waals surface area contributed by atoms with Gasteiger partial charge in [-0.05, 0) is 41.0 Å². The molecule has 0 amide bonds. The molecule has 1 aliphatic heterocycles. The van der Waals surface area contributed by atoms with E-state index in [9.17, 15) is 8.42 Å². The van der Waals surface area contributed by atoms with Gasteiger partial charge in [0.15, 0.2) is 0 Å². The highest BCUT2D eigenvalue weighted by Gasteiger charge is 2.28. The molecule has 1 saturated heterocycles. The quantitative estimate of drug-likeness (QED) is 0.748. The molecule has 124 valence electrons. The average Bonchev–Trinajstić information content (AvgIpc) is 2.54. The number of hydrogen-bond acceptors (Lipinski definition) is 4. The second kappa shape index (κ2) is 7.77. The number of nitrogens with zero attached hydrogens (tertiary/aromatic N) is 2. The van der Waals surface area contributed by atoms with Gasteiger partial charge in [0.2, 0.25) is 10.0 Å². The minimum Gasteiger partial charge on any atom is -0.492 e. The monoisotopic (exact) mass is 390 g/mol. The maximum Gasteiger partial charge on any atom is 0.243 e. The molecule has 0 unspecified atom stereocenters. The van der Waals surface area contributed by atoms with E-state index < -0.39 is 10.0 Å². The molecule has 1 aromatic carbocycles. The first-order valence-electron chi connectivity index (χ1n) is 7.64. The smallest absolute Gasteiger partial charge is 0.243 e. The number of benzene rings is 1. The second-order valence-electron chi connectivity index (χ2n) is 5.28. The lowest BCUT2D eigenvalue weighted by atomic mass is 10.3. The highest BCUT2D eigenvalue weighted by molar-refractivity contribution is 9.10. The molecule has 0 atom stereocenters. The van der Waals surface area contributed by atoms with E-state index in [-0.39, 0.29) is 0 Å². The number of hydrogen-bond donors (Lipinski definition) is 0. The van der Waals surface area contributed by atoms with Crippen LogP contribution in [0.4, 0.5) is 0 Å². The lowest BCUT2D eigenvalue weighted by molar-refractivity contribution is 0.196. The molecule has 1 aromatic rings.